The van der Waals surface area contributed by atoms with E-state index in [0.717, 1.165) is 24.0 Å². The molecule has 0 bridgehead atoms. The molecule has 27 heavy (non-hydrogen) atoms. The first-order valence-corrected chi connectivity index (χ1v) is 11.2. The lowest BCUT2D eigenvalue weighted by atomic mass is 9.74. The van der Waals surface area contributed by atoms with Gasteiger partial charge >= 0.3 is 0 Å². The number of allylic oxidation sites excluding steroid dienone is 1. The molecule has 0 aromatic heterocycles. The summed E-state index contributed by atoms with van der Waals surface area (Å²) >= 11 is 0. The normalized spacial score (nSPS) is 25.8. The van der Waals surface area contributed by atoms with Crippen molar-refractivity contribution in [2.24, 2.45) is 5.92 Å². The van der Waals surface area contributed by atoms with E-state index in [-0.39, 0.29) is 43.0 Å². The van der Waals surface area contributed by atoms with Gasteiger partial charge in [0.1, 0.15) is 0 Å². The van der Waals surface area contributed by atoms with Gasteiger partial charge in [-0.15, -0.1) is 0 Å². The monoisotopic (exact) mass is 392 g/mol. The average molecular weight is 393 g/mol. The maximum atomic E-state index is 12.8. The highest BCUT2D eigenvalue weighted by Crippen LogP contribution is 2.45. The summed E-state index contributed by atoms with van der Waals surface area (Å²) in [7, 11) is -1.81. The van der Waals surface area contributed by atoms with Gasteiger partial charge in [0.2, 0.25) is 15.9 Å². The maximum absolute atomic E-state index is 12.8. The number of carbonyl (C=O) groups is 1. The molecule has 3 rings (SSSR count). The summed E-state index contributed by atoms with van der Waals surface area (Å²) in [6.07, 6.45) is 6.90. The number of aliphatic hydroxyl groups is 1. The lowest BCUT2D eigenvalue weighted by molar-refractivity contribution is -0.152. The van der Waals surface area contributed by atoms with E-state index in [1.165, 1.54) is 17.6 Å². The summed E-state index contributed by atoms with van der Waals surface area (Å²) in [5, 5.41) is 9.95. The molecule has 1 saturated heterocycles. The maximum Gasteiger partial charge on any atom is 0.226 e. The van der Waals surface area contributed by atoms with Gasteiger partial charge in [-0.1, -0.05) is 36.4 Å². The van der Waals surface area contributed by atoms with E-state index in [0.29, 0.717) is 0 Å². The number of benzene rings is 1. The van der Waals surface area contributed by atoms with Gasteiger partial charge in [0, 0.05) is 25.4 Å². The molecule has 0 spiro atoms. The molecule has 1 saturated carbocycles. The zero-order valence-electron chi connectivity index (χ0n) is 16.1. The highest BCUT2D eigenvalue weighted by molar-refractivity contribution is 7.88. The minimum atomic E-state index is -3.35. The number of nitrogens with zero attached hydrogens (tertiary/aromatic N) is 2. The zero-order valence-corrected chi connectivity index (χ0v) is 16.9. The first-order valence-electron chi connectivity index (χ1n) is 9.35. The molecule has 6 nitrogen and oxygen atoms in total. The van der Waals surface area contributed by atoms with E-state index >= 15 is 0 Å². The Labute approximate surface area is 161 Å². The van der Waals surface area contributed by atoms with Crippen molar-refractivity contribution in [2.75, 3.05) is 26.5 Å². The van der Waals surface area contributed by atoms with E-state index in [4.69, 9.17) is 0 Å². The molecule has 3 atom stereocenters. The van der Waals surface area contributed by atoms with E-state index in [2.05, 4.69) is 0 Å². The molecule has 0 unspecified atom stereocenters. The third-order valence-corrected chi connectivity index (χ3v) is 6.88. The second-order valence-electron chi connectivity index (χ2n) is 7.57. The van der Waals surface area contributed by atoms with Gasteiger partial charge in [-0.25, -0.2) is 12.7 Å². The summed E-state index contributed by atoms with van der Waals surface area (Å²) in [5.41, 5.74) is 2.10. The minimum Gasteiger partial charge on any atom is -0.394 e. The number of aliphatic hydroxyl groups excluding tert-OH is 1. The molecule has 2 aliphatic rings. The number of hydrogen-bond acceptors (Lipinski definition) is 4. The van der Waals surface area contributed by atoms with E-state index in [9.17, 15) is 18.3 Å². The van der Waals surface area contributed by atoms with Crippen molar-refractivity contribution in [1.82, 2.24) is 9.21 Å². The molecule has 1 N–H and O–H groups in total. The van der Waals surface area contributed by atoms with Gasteiger partial charge in [0.05, 0.1) is 24.9 Å². The minimum absolute atomic E-state index is 0.0307. The molecule has 148 valence electrons. The third-order valence-electron chi connectivity index (χ3n) is 5.60. The fraction of sp³-hybridized carbons (Fsp3) is 0.550. The van der Waals surface area contributed by atoms with Gasteiger partial charge in [-0.3, -0.25) is 4.79 Å². The van der Waals surface area contributed by atoms with E-state index < -0.39 is 10.0 Å². The number of rotatable bonds is 7. The standard InChI is InChI=1S/C20H28N2O4S/c1-4-5-14-6-8-15(9-7-14)19-17(12-21(2)27(3,25)26)22(18(19)13-23)20(24)16-10-11-16/h4-9,16-19,23H,10-13H2,1-3H3/b5-4+/t17-,18+,19+/m0/s1. The fourth-order valence-electron chi connectivity index (χ4n) is 3.88. The Morgan fingerprint density at radius 1 is 1.26 bits per heavy atom. The molecular formula is C20H28N2O4S. The predicted molar refractivity (Wildman–Crippen MR) is 106 cm³/mol. The lowest BCUT2D eigenvalue weighted by Gasteiger charge is -2.55. The first-order chi connectivity index (χ1) is 12.8. The zero-order chi connectivity index (χ0) is 19.8. The summed E-state index contributed by atoms with van der Waals surface area (Å²) < 4.78 is 25.1. The lowest BCUT2D eigenvalue weighted by Crippen LogP contribution is -2.68. The van der Waals surface area contributed by atoms with Gasteiger partial charge in [0.15, 0.2) is 0 Å². The van der Waals surface area contributed by atoms with Crippen molar-refractivity contribution in [2.45, 2.75) is 37.8 Å². The fourth-order valence-corrected chi connectivity index (χ4v) is 4.31. The molecule has 1 heterocycles. The van der Waals surface area contributed by atoms with Crippen molar-refractivity contribution in [3.05, 3.63) is 41.5 Å². The SMILES string of the molecule is C/C=C/c1ccc([C@H]2[C@@H](CO)N(C(=O)C3CC3)[C@H]2CN(C)S(C)(=O)=O)cc1. The van der Waals surface area contributed by atoms with Gasteiger partial charge < -0.3 is 10.0 Å². The Bertz CT molecular complexity index is 815. The van der Waals surface area contributed by atoms with Crippen LogP contribution in [0.3, 0.4) is 0 Å². The van der Waals surface area contributed by atoms with Crippen LogP contribution in [0.25, 0.3) is 6.08 Å². The second kappa shape index (κ2) is 7.73. The summed E-state index contributed by atoms with van der Waals surface area (Å²) in [4.78, 5) is 14.5. The number of carbonyl (C=O) groups excluding carboxylic acids is 1. The van der Waals surface area contributed by atoms with Crippen molar-refractivity contribution < 1.29 is 18.3 Å². The Morgan fingerprint density at radius 3 is 2.37 bits per heavy atom. The van der Waals surface area contributed by atoms with Crippen LogP contribution in [-0.4, -0.2) is 67.2 Å². The summed E-state index contributed by atoms with van der Waals surface area (Å²) in [6, 6.07) is 7.47. The summed E-state index contributed by atoms with van der Waals surface area (Å²) in [6.45, 7) is 2.06. The molecule has 1 aromatic carbocycles. The molecule has 2 fully saturated rings. The molecular weight excluding hydrogens is 364 g/mol. The third kappa shape index (κ3) is 4.10. The Morgan fingerprint density at radius 2 is 1.89 bits per heavy atom. The Kier molecular flexibility index (Phi) is 5.74. The van der Waals surface area contributed by atoms with Crippen LogP contribution in [0.15, 0.2) is 30.3 Å². The molecule has 1 aromatic rings. The smallest absolute Gasteiger partial charge is 0.226 e. The highest BCUT2D eigenvalue weighted by Gasteiger charge is 2.54. The van der Waals surface area contributed by atoms with Crippen LogP contribution in [0.5, 0.6) is 0 Å². The van der Waals surface area contributed by atoms with E-state index in [1.54, 1.807) is 4.90 Å². The molecule has 7 heteroatoms. The number of amides is 1. The van der Waals surface area contributed by atoms with Gasteiger partial charge in [-0.05, 0) is 30.9 Å². The van der Waals surface area contributed by atoms with Crippen LogP contribution >= 0.6 is 0 Å². The Hall–Kier alpha value is -1.70. The van der Waals surface area contributed by atoms with Crippen LogP contribution < -0.4 is 0 Å². The summed E-state index contributed by atoms with van der Waals surface area (Å²) in [5.74, 6) is -0.00704. The topological polar surface area (TPSA) is 77.9 Å². The van der Waals surface area contributed by atoms with Crippen LogP contribution in [0.4, 0.5) is 0 Å². The van der Waals surface area contributed by atoms with Gasteiger partial charge in [-0.2, -0.15) is 0 Å². The van der Waals surface area contributed by atoms with Crippen LogP contribution in [0.2, 0.25) is 0 Å². The van der Waals surface area contributed by atoms with Crippen molar-refractivity contribution in [3.8, 4) is 0 Å². The number of likely N-dealkylation sites (tertiary alicyclic amines) is 1. The van der Waals surface area contributed by atoms with Crippen molar-refractivity contribution >= 4 is 22.0 Å². The molecule has 1 aliphatic carbocycles. The van der Waals surface area contributed by atoms with E-state index in [1.807, 2.05) is 43.3 Å². The van der Waals surface area contributed by atoms with Crippen LogP contribution in [-0.2, 0) is 14.8 Å². The van der Waals surface area contributed by atoms with Crippen LogP contribution in [0, 0.1) is 5.92 Å². The van der Waals surface area contributed by atoms with Crippen molar-refractivity contribution in [1.29, 1.82) is 0 Å². The first kappa shape index (κ1) is 20.0. The number of hydrogen-bond donors (Lipinski definition) is 1. The average Bonchev–Trinajstić information content (AvgIpc) is 3.44. The largest absolute Gasteiger partial charge is 0.394 e. The molecule has 1 aliphatic heterocycles. The quantitative estimate of drug-likeness (QED) is 0.766. The van der Waals surface area contributed by atoms with Crippen molar-refractivity contribution in [3.63, 3.8) is 0 Å². The predicted octanol–water partition coefficient (Wildman–Crippen LogP) is 1.68. The molecule has 1 amide bonds. The molecule has 0 radical (unpaired) electrons. The highest BCUT2D eigenvalue weighted by atomic mass is 32.2. The number of sulfonamides is 1. The van der Waals surface area contributed by atoms with Crippen LogP contribution in [0.1, 0.15) is 36.8 Å². The number of likely N-dealkylation sites (N-methyl/N-ethyl adjacent to an activating group) is 1. The van der Waals surface area contributed by atoms with Gasteiger partial charge in [0.25, 0.3) is 0 Å². The second-order valence-corrected chi connectivity index (χ2v) is 9.66. The Balaban J connectivity index is 1.89.